The monoisotopic (exact) mass is 226 g/mol. The molecule has 0 bridgehead atoms. The number of hydrazone groups is 1. The van der Waals surface area contributed by atoms with Gasteiger partial charge in [-0.15, -0.1) is 0 Å². The van der Waals surface area contributed by atoms with Crippen LogP contribution in [0.5, 0.6) is 0 Å². The molecular weight excluding hydrogens is 210 g/mol. The average molecular weight is 226 g/mol. The Balaban J connectivity index is 2.09. The lowest BCUT2D eigenvalue weighted by Gasteiger charge is -2.12. The number of H-pyrrole nitrogens is 1. The van der Waals surface area contributed by atoms with Crippen LogP contribution in [0.25, 0.3) is 0 Å². The Morgan fingerprint density at radius 2 is 1.71 bits per heavy atom. The Hall–Kier alpha value is -2.16. The van der Waals surface area contributed by atoms with E-state index >= 15 is 0 Å². The second-order valence-electron chi connectivity index (χ2n) is 3.94. The predicted octanol–water partition coefficient (Wildman–Crippen LogP) is 2.28. The van der Waals surface area contributed by atoms with Crippen LogP contribution in [0, 0.1) is 6.92 Å². The normalized spacial score (nSPS) is 10.7. The van der Waals surface area contributed by atoms with E-state index in [1.165, 1.54) is 5.56 Å². The number of nitrogens with one attached hydrogen (secondary N) is 1. The molecule has 1 aromatic carbocycles. The van der Waals surface area contributed by atoms with E-state index in [9.17, 15) is 0 Å². The summed E-state index contributed by atoms with van der Waals surface area (Å²) >= 11 is 0. The number of rotatable bonds is 3. The summed E-state index contributed by atoms with van der Waals surface area (Å²) in [7, 11) is 1.94. The molecule has 0 aliphatic heterocycles. The molecule has 0 atom stereocenters. The second-order valence-corrected chi connectivity index (χ2v) is 3.94. The molecule has 0 aliphatic carbocycles. The summed E-state index contributed by atoms with van der Waals surface area (Å²) in [6.45, 7) is 2.08. The molecule has 2 rings (SSSR count). The van der Waals surface area contributed by atoms with Crippen LogP contribution in [0.2, 0.25) is 0 Å². The Kier molecular flexibility index (Phi) is 3.50. The molecule has 0 aliphatic rings. The number of anilines is 1. The van der Waals surface area contributed by atoms with Crippen LogP contribution < -0.4 is 9.99 Å². The van der Waals surface area contributed by atoms with Crippen molar-refractivity contribution >= 4 is 11.9 Å². The lowest BCUT2D eigenvalue weighted by molar-refractivity contribution is -0.378. The molecule has 0 spiro atoms. The SMILES string of the molecule is Cc1ccc(N(C)/N=C/c2cc[nH+]cc2)cc1. The molecule has 3 heteroatoms. The van der Waals surface area contributed by atoms with Crippen molar-refractivity contribution in [3.63, 3.8) is 0 Å². The first-order chi connectivity index (χ1) is 8.25. The fourth-order valence-corrected chi connectivity index (χ4v) is 1.47. The van der Waals surface area contributed by atoms with E-state index in [4.69, 9.17) is 0 Å². The summed E-state index contributed by atoms with van der Waals surface area (Å²) in [5.74, 6) is 0. The van der Waals surface area contributed by atoms with E-state index in [0.29, 0.717) is 0 Å². The quantitative estimate of drug-likeness (QED) is 0.583. The molecule has 1 aromatic heterocycles. The average Bonchev–Trinajstić information content (AvgIpc) is 2.38. The standard InChI is InChI=1S/C14H15N3/c1-12-3-5-14(6-4-12)17(2)16-11-13-7-9-15-10-8-13/h3-11H,1-2H3/p+1/b16-11+. The molecule has 1 heterocycles. The van der Waals surface area contributed by atoms with Crippen LogP contribution in [0.3, 0.4) is 0 Å². The predicted molar refractivity (Wildman–Crippen MR) is 70.2 cm³/mol. The van der Waals surface area contributed by atoms with E-state index in [0.717, 1.165) is 11.3 Å². The molecule has 2 aromatic rings. The molecule has 86 valence electrons. The summed E-state index contributed by atoms with van der Waals surface area (Å²) in [5.41, 5.74) is 3.40. The maximum atomic E-state index is 4.39. The number of hydrogen-bond donors (Lipinski definition) is 0. The van der Waals surface area contributed by atoms with Crippen LogP contribution in [-0.2, 0) is 0 Å². The van der Waals surface area contributed by atoms with Crippen LogP contribution in [0.15, 0.2) is 53.9 Å². The zero-order chi connectivity index (χ0) is 12.1. The number of aromatic nitrogens is 1. The molecule has 0 fully saturated rings. The maximum Gasteiger partial charge on any atom is 0.167 e. The van der Waals surface area contributed by atoms with E-state index in [1.807, 2.05) is 42.8 Å². The minimum Gasteiger partial charge on any atom is -0.269 e. The van der Waals surface area contributed by atoms with Crippen LogP contribution >= 0.6 is 0 Å². The van der Waals surface area contributed by atoms with Gasteiger partial charge in [-0.2, -0.15) is 5.10 Å². The first kappa shape index (κ1) is 11.3. The van der Waals surface area contributed by atoms with Crippen molar-refractivity contribution in [2.75, 3.05) is 12.1 Å². The van der Waals surface area contributed by atoms with Gasteiger partial charge in [0.2, 0.25) is 0 Å². The topological polar surface area (TPSA) is 29.7 Å². The highest BCUT2D eigenvalue weighted by Crippen LogP contribution is 2.13. The Morgan fingerprint density at radius 1 is 1.06 bits per heavy atom. The number of hydrogen-bond acceptors (Lipinski definition) is 2. The van der Waals surface area contributed by atoms with Crippen molar-refractivity contribution in [1.29, 1.82) is 0 Å². The zero-order valence-electron chi connectivity index (χ0n) is 10.1. The van der Waals surface area contributed by atoms with Gasteiger partial charge in [0, 0.05) is 24.7 Å². The Labute approximate surface area is 101 Å². The van der Waals surface area contributed by atoms with Gasteiger partial charge in [-0.1, -0.05) is 17.7 Å². The highest BCUT2D eigenvalue weighted by Gasteiger charge is 1.96. The highest BCUT2D eigenvalue weighted by molar-refractivity contribution is 5.79. The molecule has 3 nitrogen and oxygen atoms in total. The van der Waals surface area contributed by atoms with Crippen LogP contribution in [-0.4, -0.2) is 13.3 Å². The van der Waals surface area contributed by atoms with Gasteiger partial charge in [-0.25, -0.2) is 4.98 Å². The van der Waals surface area contributed by atoms with Crippen molar-refractivity contribution < 1.29 is 4.98 Å². The van der Waals surface area contributed by atoms with Gasteiger partial charge >= 0.3 is 0 Å². The molecule has 17 heavy (non-hydrogen) atoms. The second kappa shape index (κ2) is 5.25. The van der Waals surface area contributed by atoms with Crippen molar-refractivity contribution in [3.05, 3.63) is 59.9 Å². The van der Waals surface area contributed by atoms with Gasteiger partial charge in [0.25, 0.3) is 0 Å². The van der Waals surface area contributed by atoms with E-state index in [-0.39, 0.29) is 0 Å². The van der Waals surface area contributed by atoms with Crippen LogP contribution in [0.1, 0.15) is 11.1 Å². The number of aryl methyl sites for hydroxylation is 1. The fraction of sp³-hybridized carbons (Fsp3) is 0.143. The number of pyridine rings is 1. The summed E-state index contributed by atoms with van der Waals surface area (Å²) < 4.78 is 0. The van der Waals surface area contributed by atoms with Gasteiger partial charge < -0.3 is 0 Å². The number of nitrogens with zero attached hydrogens (tertiary/aromatic N) is 2. The largest absolute Gasteiger partial charge is 0.269 e. The minimum absolute atomic E-state index is 1.07. The summed E-state index contributed by atoms with van der Waals surface area (Å²) in [6, 6.07) is 12.2. The van der Waals surface area contributed by atoms with Crippen molar-refractivity contribution in [2.45, 2.75) is 6.92 Å². The summed E-state index contributed by atoms with van der Waals surface area (Å²) in [6.07, 6.45) is 5.61. The molecule has 0 saturated heterocycles. The van der Waals surface area contributed by atoms with E-state index in [2.05, 4.69) is 41.3 Å². The Morgan fingerprint density at radius 3 is 2.35 bits per heavy atom. The molecule has 0 unspecified atom stereocenters. The lowest BCUT2D eigenvalue weighted by atomic mass is 10.2. The fourth-order valence-electron chi connectivity index (χ4n) is 1.47. The first-order valence-corrected chi connectivity index (χ1v) is 5.56. The number of aromatic amines is 1. The molecular formula is C14H16N3+. The summed E-state index contributed by atoms with van der Waals surface area (Å²) in [5, 5.41) is 6.25. The molecule has 1 N–H and O–H groups in total. The van der Waals surface area contributed by atoms with Gasteiger partial charge in [-0.3, -0.25) is 5.01 Å². The van der Waals surface area contributed by atoms with Gasteiger partial charge in [0.05, 0.1) is 11.9 Å². The zero-order valence-corrected chi connectivity index (χ0v) is 10.1. The third-order valence-corrected chi connectivity index (χ3v) is 2.53. The molecule has 0 radical (unpaired) electrons. The highest BCUT2D eigenvalue weighted by atomic mass is 15.4. The summed E-state index contributed by atoms with van der Waals surface area (Å²) in [4.78, 5) is 2.98. The third kappa shape index (κ3) is 3.14. The van der Waals surface area contributed by atoms with Crippen LogP contribution in [0.4, 0.5) is 5.69 Å². The Bertz CT molecular complexity index is 489. The smallest absolute Gasteiger partial charge is 0.167 e. The van der Waals surface area contributed by atoms with E-state index in [1.54, 1.807) is 0 Å². The van der Waals surface area contributed by atoms with Gasteiger partial charge in [0.1, 0.15) is 0 Å². The van der Waals surface area contributed by atoms with Crippen molar-refractivity contribution in [2.24, 2.45) is 5.10 Å². The maximum absolute atomic E-state index is 4.39. The van der Waals surface area contributed by atoms with Crippen molar-refractivity contribution in [3.8, 4) is 0 Å². The van der Waals surface area contributed by atoms with Crippen molar-refractivity contribution in [1.82, 2.24) is 0 Å². The lowest BCUT2D eigenvalue weighted by Crippen LogP contribution is -2.09. The molecule has 0 amide bonds. The first-order valence-electron chi connectivity index (χ1n) is 5.56. The van der Waals surface area contributed by atoms with Gasteiger partial charge in [-0.05, 0) is 19.1 Å². The van der Waals surface area contributed by atoms with Gasteiger partial charge in [0.15, 0.2) is 12.4 Å². The number of benzene rings is 1. The third-order valence-electron chi connectivity index (χ3n) is 2.53. The van der Waals surface area contributed by atoms with E-state index < -0.39 is 0 Å². The molecule has 0 saturated carbocycles. The minimum atomic E-state index is 1.07.